The molecule has 11 heteroatoms. The van der Waals surface area contributed by atoms with Gasteiger partial charge in [-0.15, -0.1) is 0 Å². The number of unbranched alkanes of at least 4 members (excludes halogenated alkanes) is 11. The van der Waals surface area contributed by atoms with Crippen LogP contribution in [-0.2, 0) is 32.7 Å². The average molecular weight is 769 g/mol. The van der Waals surface area contributed by atoms with Crippen LogP contribution in [0.1, 0.15) is 136 Å². The van der Waals surface area contributed by atoms with Crippen molar-refractivity contribution in [2.45, 2.75) is 148 Å². The van der Waals surface area contributed by atoms with Gasteiger partial charge in [0.05, 0.1) is 33.9 Å². The Morgan fingerprint density at radius 1 is 0.679 bits per heavy atom. The highest BCUT2D eigenvalue weighted by molar-refractivity contribution is 7.47. The number of nitrogens with zero attached hydrogens (tertiary/aromatic N) is 1. The van der Waals surface area contributed by atoms with Crippen molar-refractivity contribution in [1.82, 2.24) is 0 Å². The fourth-order valence-electron chi connectivity index (χ4n) is 4.83. The number of hydrogen-bond donors (Lipinski definition) is 2. The van der Waals surface area contributed by atoms with Gasteiger partial charge in [0.25, 0.3) is 0 Å². The highest BCUT2D eigenvalue weighted by atomic mass is 31.2. The molecule has 0 saturated carbocycles. The number of likely N-dealkylation sites (N-methyl/N-ethyl adjacent to an activating group) is 1. The summed E-state index contributed by atoms with van der Waals surface area (Å²) >= 11 is 0. The van der Waals surface area contributed by atoms with Crippen LogP contribution in [-0.4, -0.2) is 86.1 Å². The Kier molecular flexibility index (Phi) is 32.7. The van der Waals surface area contributed by atoms with Crippen molar-refractivity contribution >= 4 is 19.8 Å². The van der Waals surface area contributed by atoms with Gasteiger partial charge < -0.3 is 24.0 Å². The highest BCUT2D eigenvalue weighted by Gasteiger charge is 2.27. The lowest BCUT2D eigenvalue weighted by atomic mass is 10.1. The maximum atomic E-state index is 12.6. The third kappa shape index (κ3) is 37.8. The number of esters is 2. The zero-order chi connectivity index (χ0) is 39.5. The fourth-order valence-corrected chi connectivity index (χ4v) is 5.58. The summed E-state index contributed by atoms with van der Waals surface area (Å²) in [5.41, 5.74) is 0. The van der Waals surface area contributed by atoms with Crippen LogP contribution in [0.4, 0.5) is 0 Å². The Morgan fingerprint density at radius 2 is 1.28 bits per heavy atom. The van der Waals surface area contributed by atoms with Gasteiger partial charge in [-0.2, -0.15) is 0 Å². The van der Waals surface area contributed by atoms with E-state index in [1.54, 1.807) is 6.08 Å². The molecule has 0 aromatic heterocycles. The van der Waals surface area contributed by atoms with Crippen LogP contribution in [0.15, 0.2) is 60.8 Å². The summed E-state index contributed by atoms with van der Waals surface area (Å²) < 4.78 is 34.0. The molecule has 0 heterocycles. The minimum atomic E-state index is -4.40. The second kappa shape index (κ2) is 34.2. The molecule has 0 fully saturated rings. The van der Waals surface area contributed by atoms with Crippen LogP contribution in [0.25, 0.3) is 0 Å². The normalized spacial score (nSPS) is 14.9. The molecule has 0 aliphatic rings. The van der Waals surface area contributed by atoms with Gasteiger partial charge in [0.15, 0.2) is 6.10 Å². The number of carbonyl (C=O) groups is 2. The Labute approximate surface area is 322 Å². The molecule has 0 aromatic rings. The van der Waals surface area contributed by atoms with E-state index in [9.17, 15) is 24.2 Å². The minimum absolute atomic E-state index is 0.00907. The molecular formula is C42H75NO9P+. The molecule has 0 radical (unpaired) electrons. The number of ether oxygens (including phenoxy) is 2. The van der Waals surface area contributed by atoms with Crippen molar-refractivity contribution in [3.8, 4) is 0 Å². The first-order valence-corrected chi connectivity index (χ1v) is 21.6. The Morgan fingerprint density at radius 3 is 2.00 bits per heavy atom. The molecule has 53 heavy (non-hydrogen) atoms. The number of aliphatic hydroxyl groups is 1. The van der Waals surface area contributed by atoms with Crippen LogP contribution in [0, 0.1) is 0 Å². The Hall–Kier alpha value is -2.33. The lowest BCUT2D eigenvalue weighted by molar-refractivity contribution is -0.870. The summed E-state index contributed by atoms with van der Waals surface area (Å²) in [5.74, 6) is -0.922. The molecule has 0 rings (SSSR count). The monoisotopic (exact) mass is 769 g/mol. The van der Waals surface area contributed by atoms with Gasteiger partial charge in [0.2, 0.25) is 0 Å². The molecule has 2 N–H and O–H groups in total. The summed E-state index contributed by atoms with van der Waals surface area (Å²) in [7, 11) is 1.40. The van der Waals surface area contributed by atoms with Crippen molar-refractivity contribution < 1.29 is 47.2 Å². The molecule has 0 bridgehead atoms. The van der Waals surface area contributed by atoms with Crippen molar-refractivity contribution in [3.63, 3.8) is 0 Å². The molecule has 3 atom stereocenters. The first-order valence-electron chi connectivity index (χ1n) is 20.1. The van der Waals surface area contributed by atoms with Gasteiger partial charge in [0.1, 0.15) is 19.8 Å². The molecule has 0 saturated heterocycles. The number of allylic oxidation sites excluding steroid dienone is 8. The van der Waals surface area contributed by atoms with E-state index in [4.69, 9.17) is 18.5 Å². The van der Waals surface area contributed by atoms with E-state index in [2.05, 4.69) is 32.1 Å². The predicted molar refractivity (Wildman–Crippen MR) is 216 cm³/mol. The van der Waals surface area contributed by atoms with E-state index in [0.717, 1.165) is 51.4 Å². The maximum Gasteiger partial charge on any atom is 0.472 e. The van der Waals surface area contributed by atoms with E-state index in [1.165, 1.54) is 32.1 Å². The zero-order valence-corrected chi connectivity index (χ0v) is 34.7. The Balaban J connectivity index is 4.58. The second-order valence-corrected chi connectivity index (χ2v) is 16.0. The van der Waals surface area contributed by atoms with Gasteiger partial charge in [-0.05, 0) is 64.2 Å². The smallest absolute Gasteiger partial charge is 0.462 e. The van der Waals surface area contributed by atoms with E-state index >= 15 is 0 Å². The number of hydrogen-bond acceptors (Lipinski definition) is 8. The lowest BCUT2D eigenvalue weighted by Gasteiger charge is -2.24. The summed E-state index contributed by atoms with van der Waals surface area (Å²) in [6, 6.07) is 0. The second-order valence-electron chi connectivity index (χ2n) is 14.5. The molecule has 0 spiro atoms. The topological polar surface area (TPSA) is 129 Å². The molecule has 1 unspecified atom stereocenters. The van der Waals surface area contributed by atoms with Gasteiger partial charge in [-0.1, -0.05) is 120 Å². The molecule has 0 aromatic carbocycles. The van der Waals surface area contributed by atoms with Gasteiger partial charge in [-0.25, -0.2) is 4.57 Å². The van der Waals surface area contributed by atoms with Crippen LogP contribution in [0.3, 0.4) is 0 Å². The van der Waals surface area contributed by atoms with Crippen LogP contribution in [0.5, 0.6) is 0 Å². The van der Waals surface area contributed by atoms with Crippen molar-refractivity contribution in [2.75, 3.05) is 47.5 Å². The maximum absolute atomic E-state index is 12.6. The van der Waals surface area contributed by atoms with Crippen LogP contribution in [0.2, 0.25) is 0 Å². The van der Waals surface area contributed by atoms with Crippen molar-refractivity contribution in [2.24, 2.45) is 0 Å². The van der Waals surface area contributed by atoms with Gasteiger partial charge >= 0.3 is 19.8 Å². The van der Waals surface area contributed by atoms with Crippen LogP contribution >= 0.6 is 7.82 Å². The first-order chi connectivity index (χ1) is 25.4. The van der Waals surface area contributed by atoms with Gasteiger partial charge in [0, 0.05) is 12.8 Å². The largest absolute Gasteiger partial charge is 0.472 e. The number of aliphatic hydroxyl groups excluding tert-OH is 1. The molecule has 0 aliphatic heterocycles. The van der Waals surface area contributed by atoms with E-state index in [1.807, 2.05) is 57.6 Å². The molecule has 0 aliphatic carbocycles. The number of quaternary nitrogens is 1. The first kappa shape index (κ1) is 50.7. The number of phosphoric acid groups is 1. The molecular weight excluding hydrogens is 693 g/mol. The summed E-state index contributed by atoms with van der Waals surface area (Å²) in [5, 5.41) is 10.0. The zero-order valence-electron chi connectivity index (χ0n) is 33.8. The van der Waals surface area contributed by atoms with E-state index < -0.39 is 38.6 Å². The fraction of sp³-hybridized carbons (Fsp3) is 0.714. The SMILES string of the molecule is CCCC/C=C\CCCCCCCC(=O)O[C@H](COC(=O)CCC/C=C\C/C=C\C=C\[C@H](O)C/C=C\CCCCC)COP(=O)(O)OCC[N+](C)(C)C. The quantitative estimate of drug-likeness (QED) is 0.0162. The molecule has 0 amide bonds. The standard InChI is InChI=1S/C42H74NO9P/c1-6-8-10-12-14-15-16-17-22-26-30-34-42(46)52-40(38-51-53(47,48)50-36-35-43(3,4)5)37-49-41(45)33-29-25-21-19-18-20-24-28-32-39(44)31-27-23-13-11-9-7-2/h12,14,19-21,23-24,27-28,32,39-40,44H,6-11,13,15-18,22,25-26,29-31,33-38H2,1-5H3/p+1/b14-12-,21-19-,24-20-,27-23-,32-28+/t39-,40-/m1/s1. The number of phosphoric ester groups is 1. The van der Waals surface area contributed by atoms with E-state index in [-0.39, 0.29) is 26.1 Å². The van der Waals surface area contributed by atoms with E-state index in [0.29, 0.717) is 36.7 Å². The lowest BCUT2D eigenvalue weighted by Crippen LogP contribution is -2.37. The van der Waals surface area contributed by atoms with Crippen molar-refractivity contribution in [3.05, 3.63) is 60.8 Å². The Bertz CT molecular complexity index is 1110. The third-order valence-electron chi connectivity index (χ3n) is 8.10. The number of carbonyl (C=O) groups excluding carboxylic acids is 2. The van der Waals surface area contributed by atoms with Gasteiger partial charge in [-0.3, -0.25) is 18.6 Å². The summed E-state index contributed by atoms with van der Waals surface area (Å²) in [6.45, 7) is 4.15. The minimum Gasteiger partial charge on any atom is -0.462 e. The third-order valence-corrected chi connectivity index (χ3v) is 9.08. The summed E-state index contributed by atoms with van der Waals surface area (Å²) in [6.07, 6.45) is 35.9. The van der Waals surface area contributed by atoms with Crippen LogP contribution < -0.4 is 0 Å². The molecule has 306 valence electrons. The average Bonchev–Trinajstić information content (AvgIpc) is 3.10. The predicted octanol–water partition coefficient (Wildman–Crippen LogP) is 9.87. The molecule has 10 nitrogen and oxygen atoms in total. The summed E-state index contributed by atoms with van der Waals surface area (Å²) in [4.78, 5) is 35.2. The number of rotatable bonds is 35. The van der Waals surface area contributed by atoms with Crippen molar-refractivity contribution in [1.29, 1.82) is 0 Å². The highest BCUT2D eigenvalue weighted by Crippen LogP contribution is 2.43.